The maximum absolute atomic E-state index is 12.2. The van der Waals surface area contributed by atoms with Crippen LogP contribution in [0.25, 0.3) is 16.7 Å². The number of hydrogen-bond donors (Lipinski definition) is 0. The molecule has 1 heterocycles. The summed E-state index contributed by atoms with van der Waals surface area (Å²) >= 11 is 0. The third-order valence-corrected chi connectivity index (χ3v) is 3.07. The number of aryl methyl sites for hydroxylation is 1. The minimum atomic E-state index is 0.0840. The lowest BCUT2D eigenvalue weighted by molar-refractivity contribution is -0.244. The van der Waals surface area contributed by atoms with E-state index in [1.807, 2.05) is 66.4 Å². The molecule has 0 atom stereocenters. The number of hydrogen-bond acceptors (Lipinski definition) is 1. The van der Waals surface area contributed by atoms with Crippen LogP contribution in [0.5, 0.6) is 0 Å². The van der Waals surface area contributed by atoms with E-state index in [9.17, 15) is 5.11 Å². The number of allylic oxidation sites excluding steroid dienone is 5. The first-order valence-electron chi connectivity index (χ1n) is 5.57. The van der Waals surface area contributed by atoms with Crippen LogP contribution in [0.1, 0.15) is 5.56 Å². The van der Waals surface area contributed by atoms with E-state index < -0.39 is 0 Å². The molecule has 0 aliphatic heterocycles. The van der Waals surface area contributed by atoms with Crippen LogP contribution in [0.4, 0.5) is 0 Å². The van der Waals surface area contributed by atoms with Crippen LogP contribution in [0.15, 0.2) is 60.3 Å². The second-order valence-electron chi connectivity index (χ2n) is 4.20. The highest BCUT2D eigenvalue weighted by Gasteiger charge is 2.01. The van der Waals surface area contributed by atoms with Gasteiger partial charge in [-0.2, -0.15) is 0 Å². The van der Waals surface area contributed by atoms with Crippen molar-refractivity contribution in [2.45, 2.75) is 0 Å². The molecule has 2 heteroatoms. The lowest BCUT2D eigenvalue weighted by atomic mass is 10.1. The molecule has 1 aromatic heterocycles. The number of rotatable bonds is 1. The molecule has 0 N–H and O–H groups in total. The molecule has 84 valence electrons. The molecule has 0 fully saturated rings. The standard InChI is InChI=1S/C15H13NO/c1-16-9-8-12-10-13(6-7-14(12)16)15(17)11-4-2-3-5-11/h2-10,17H,1H3/p-1. The van der Waals surface area contributed by atoms with E-state index in [0.717, 1.165) is 22.0 Å². The van der Waals surface area contributed by atoms with Gasteiger partial charge in [-0.1, -0.05) is 36.1 Å². The molecule has 1 aliphatic rings. The zero-order valence-corrected chi connectivity index (χ0v) is 9.55. The Kier molecular flexibility index (Phi) is 2.15. The largest absolute Gasteiger partial charge is 0.872 e. The van der Waals surface area contributed by atoms with E-state index in [-0.39, 0.29) is 5.76 Å². The smallest absolute Gasteiger partial charge is 0.0478 e. The van der Waals surface area contributed by atoms with Gasteiger partial charge in [0.15, 0.2) is 0 Å². The second kappa shape index (κ2) is 3.67. The van der Waals surface area contributed by atoms with Crippen molar-refractivity contribution in [3.63, 3.8) is 0 Å². The predicted molar refractivity (Wildman–Crippen MR) is 68.1 cm³/mol. The fourth-order valence-corrected chi connectivity index (χ4v) is 2.11. The summed E-state index contributed by atoms with van der Waals surface area (Å²) in [7, 11) is 2.00. The van der Waals surface area contributed by atoms with Gasteiger partial charge < -0.3 is 9.67 Å². The Labute approximate surface area is 99.8 Å². The molecule has 0 unspecified atom stereocenters. The molecule has 3 rings (SSSR count). The minimum Gasteiger partial charge on any atom is -0.872 e. The molecule has 2 nitrogen and oxygen atoms in total. The van der Waals surface area contributed by atoms with Crippen LogP contribution >= 0.6 is 0 Å². The minimum absolute atomic E-state index is 0.0840. The Hall–Kier alpha value is -2.22. The molecule has 0 bridgehead atoms. The van der Waals surface area contributed by atoms with Gasteiger partial charge in [-0.15, -0.1) is 0 Å². The number of aromatic nitrogens is 1. The van der Waals surface area contributed by atoms with Gasteiger partial charge in [0, 0.05) is 24.1 Å². The van der Waals surface area contributed by atoms with Gasteiger partial charge in [0.25, 0.3) is 0 Å². The topological polar surface area (TPSA) is 28.0 Å². The lowest BCUT2D eigenvalue weighted by Crippen LogP contribution is -2.04. The van der Waals surface area contributed by atoms with Crippen molar-refractivity contribution in [3.8, 4) is 0 Å². The van der Waals surface area contributed by atoms with Crippen LogP contribution in [0, 0.1) is 0 Å². The molecule has 0 radical (unpaired) electrons. The van der Waals surface area contributed by atoms with Crippen LogP contribution < -0.4 is 5.11 Å². The Bertz CT molecular complexity index is 657. The first kappa shape index (κ1) is 9.97. The van der Waals surface area contributed by atoms with E-state index in [1.54, 1.807) is 0 Å². The van der Waals surface area contributed by atoms with Gasteiger partial charge in [-0.3, -0.25) is 0 Å². The van der Waals surface area contributed by atoms with Crippen molar-refractivity contribution < 1.29 is 5.11 Å². The van der Waals surface area contributed by atoms with Gasteiger partial charge in [-0.25, -0.2) is 0 Å². The molecule has 1 aromatic carbocycles. The quantitative estimate of drug-likeness (QED) is 0.681. The third-order valence-electron chi connectivity index (χ3n) is 3.07. The van der Waals surface area contributed by atoms with E-state index in [1.165, 1.54) is 0 Å². The summed E-state index contributed by atoms with van der Waals surface area (Å²) in [6.45, 7) is 0. The zero-order chi connectivity index (χ0) is 11.8. The van der Waals surface area contributed by atoms with Crippen LogP contribution in [0.2, 0.25) is 0 Å². The second-order valence-corrected chi connectivity index (χ2v) is 4.20. The highest BCUT2D eigenvalue weighted by atomic mass is 16.3. The molecule has 17 heavy (non-hydrogen) atoms. The maximum Gasteiger partial charge on any atom is 0.0478 e. The molecule has 0 saturated carbocycles. The summed E-state index contributed by atoms with van der Waals surface area (Å²) in [5.41, 5.74) is 2.64. The van der Waals surface area contributed by atoms with Crippen LogP contribution in [-0.2, 0) is 7.05 Å². The van der Waals surface area contributed by atoms with E-state index >= 15 is 0 Å². The summed E-state index contributed by atoms with van der Waals surface area (Å²) in [4.78, 5) is 0. The fourth-order valence-electron chi connectivity index (χ4n) is 2.11. The first-order chi connectivity index (χ1) is 8.25. The summed E-state index contributed by atoms with van der Waals surface area (Å²) in [6.07, 6.45) is 9.46. The highest BCUT2D eigenvalue weighted by Crippen LogP contribution is 2.23. The number of nitrogens with zero attached hydrogens (tertiary/aromatic N) is 1. The Balaban J connectivity index is 2.15. The Morgan fingerprint density at radius 1 is 1.12 bits per heavy atom. The van der Waals surface area contributed by atoms with Crippen molar-refractivity contribution in [2.75, 3.05) is 0 Å². The molecule has 1 aliphatic carbocycles. The van der Waals surface area contributed by atoms with Crippen molar-refractivity contribution in [1.82, 2.24) is 4.57 Å². The zero-order valence-electron chi connectivity index (χ0n) is 9.55. The fraction of sp³-hybridized carbons (Fsp3) is 0.0667. The molecule has 0 amide bonds. The van der Waals surface area contributed by atoms with Crippen molar-refractivity contribution in [3.05, 3.63) is 65.9 Å². The van der Waals surface area contributed by atoms with E-state index in [0.29, 0.717) is 0 Å². The molecule has 0 spiro atoms. The van der Waals surface area contributed by atoms with Crippen LogP contribution in [0.3, 0.4) is 0 Å². The van der Waals surface area contributed by atoms with Crippen molar-refractivity contribution >= 4 is 16.7 Å². The van der Waals surface area contributed by atoms with Gasteiger partial charge in [0.1, 0.15) is 0 Å². The van der Waals surface area contributed by atoms with Crippen LogP contribution in [-0.4, -0.2) is 4.57 Å². The van der Waals surface area contributed by atoms with Gasteiger partial charge in [-0.05, 0) is 29.3 Å². The van der Waals surface area contributed by atoms with E-state index in [2.05, 4.69) is 0 Å². The van der Waals surface area contributed by atoms with Crippen molar-refractivity contribution in [2.24, 2.45) is 7.05 Å². The third kappa shape index (κ3) is 1.58. The molecular weight excluding hydrogens is 210 g/mol. The van der Waals surface area contributed by atoms with E-state index in [4.69, 9.17) is 0 Å². The SMILES string of the molecule is Cn1ccc2cc(C([O-])=C3C=CC=C3)ccc21. The maximum atomic E-state index is 12.2. The average Bonchev–Trinajstić information content (AvgIpc) is 2.98. The predicted octanol–water partition coefficient (Wildman–Crippen LogP) is 2.38. The number of fused-ring (bicyclic) bond motifs is 1. The molecule has 0 saturated heterocycles. The summed E-state index contributed by atoms with van der Waals surface area (Å²) in [5.74, 6) is 0.0840. The lowest BCUT2D eigenvalue weighted by Gasteiger charge is -2.15. The molecule has 2 aromatic rings. The highest BCUT2D eigenvalue weighted by molar-refractivity contribution is 5.84. The molecular formula is C15H12NO-. The Morgan fingerprint density at radius 2 is 1.88 bits per heavy atom. The van der Waals surface area contributed by atoms with Gasteiger partial charge in [0.05, 0.1) is 0 Å². The van der Waals surface area contributed by atoms with Gasteiger partial charge >= 0.3 is 0 Å². The van der Waals surface area contributed by atoms with Crippen molar-refractivity contribution in [1.29, 1.82) is 0 Å². The number of benzene rings is 1. The normalized spacial score (nSPS) is 13.8. The first-order valence-corrected chi connectivity index (χ1v) is 5.57. The summed E-state index contributed by atoms with van der Waals surface area (Å²) < 4.78 is 2.05. The summed E-state index contributed by atoms with van der Waals surface area (Å²) in [6, 6.07) is 7.85. The monoisotopic (exact) mass is 222 g/mol. The summed E-state index contributed by atoms with van der Waals surface area (Å²) in [5, 5.41) is 13.3. The van der Waals surface area contributed by atoms with Gasteiger partial charge in [0.2, 0.25) is 0 Å². The average molecular weight is 222 g/mol. The Morgan fingerprint density at radius 3 is 2.65 bits per heavy atom.